The molecular formula is C13H14BrFO3S. The quantitative estimate of drug-likeness (QED) is 0.839. The summed E-state index contributed by atoms with van der Waals surface area (Å²) in [6, 6.07) is 4.58. The highest BCUT2D eigenvalue weighted by molar-refractivity contribution is 9.10. The summed E-state index contributed by atoms with van der Waals surface area (Å²) in [6.07, 6.45) is 0.779. The Morgan fingerprint density at radius 2 is 2.16 bits per heavy atom. The Kier molecular flexibility index (Phi) is 4.40. The standard InChI is InChI=1S/C13H14BrFO3S/c14-11-2-1-10(13(15)7-11)6-12(16)5-9-3-4-19(17,18)8-9/h1-2,7,9H,3-6,8H2. The molecular weight excluding hydrogens is 335 g/mol. The molecule has 1 unspecified atom stereocenters. The molecule has 1 heterocycles. The zero-order valence-corrected chi connectivity index (χ0v) is 12.6. The number of sulfone groups is 1. The third-order valence-corrected chi connectivity index (χ3v) is 5.58. The van der Waals surface area contributed by atoms with Crippen LogP contribution >= 0.6 is 15.9 Å². The van der Waals surface area contributed by atoms with Crippen molar-refractivity contribution < 1.29 is 17.6 Å². The predicted molar refractivity (Wildman–Crippen MR) is 74.2 cm³/mol. The Morgan fingerprint density at radius 3 is 2.74 bits per heavy atom. The second kappa shape index (κ2) is 5.71. The van der Waals surface area contributed by atoms with Crippen LogP contribution in [0.25, 0.3) is 0 Å². The first kappa shape index (κ1) is 14.7. The molecule has 104 valence electrons. The van der Waals surface area contributed by atoms with E-state index in [0.717, 1.165) is 0 Å². The van der Waals surface area contributed by atoms with Crippen molar-refractivity contribution in [1.82, 2.24) is 0 Å². The second-order valence-electron chi connectivity index (χ2n) is 4.92. The first-order valence-corrected chi connectivity index (χ1v) is 8.63. The molecule has 0 radical (unpaired) electrons. The minimum atomic E-state index is -2.96. The van der Waals surface area contributed by atoms with Crippen molar-refractivity contribution in [3.8, 4) is 0 Å². The molecule has 6 heteroatoms. The lowest BCUT2D eigenvalue weighted by atomic mass is 9.98. The van der Waals surface area contributed by atoms with E-state index in [1.807, 2.05) is 0 Å². The molecule has 1 fully saturated rings. The molecule has 0 aromatic heterocycles. The molecule has 0 bridgehead atoms. The minimum Gasteiger partial charge on any atom is -0.299 e. The predicted octanol–water partition coefficient (Wildman–Crippen LogP) is 2.52. The molecule has 0 amide bonds. The van der Waals surface area contributed by atoms with Crippen LogP contribution in [-0.4, -0.2) is 25.7 Å². The van der Waals surface area contributed by atoms with Crippen LogP contribution in [0, 0.1) is 11.7 Å². The molecule has 1 aliphatic heterocycles. The largest absolute Gasteiger partial charge is 0.299 e. The van der Waals surface area contributed by atoms with E-state index in [4.69, 9.17) is 0 Å². The summed E-state index contributed by atoms with van der Waals surface area (Å²) >= 11 is 3.15. The third kappa shape index (κ3) is 4.11. The Bertz CT molecular complexity index is 598. The molecule has 1 aromatic rings. The number of halogens is 2. The molecule has 1 atom stereocenters. The third-order valence-electron chi connectivity index (χ3n) is 3.25. The van der Waals surface area contributed by atoms with Gasteiger partial charge in [-0.3, -0.25) is 4.79 Å². The molecule has 1 aliphatic rings. The summed E-state index contributed by atoms with van der Waals surface area (Å²) in [4.78, 5) is 11.8. The number of rotatable bonds is 4. The lowest BCUT2D eigenvalue weighted by Crippen LogP contribution is -2.13. The summed E-state index contributed by atoms with van der Waals surface area (Å²) in [7, 11) is -2.96. The molecule has 0 saturated carbocycles. The second-order valence-corrected chi connectivity index (χ2v) is 8.07. The van der Waals surface area contributed by atoms with Crippen LogP contribution in [0.1, 0.15) is 18.4 Å². The smallest absolute Gasteiger partial charge is 0.150 e. The van der Waals surface area contributed by atoms with Crippen molar-refractivity contribution in [2.24, 2.45) is 5.92 Å². The van der Waals surface area contributed by atoms with Gasteiger partial charge in [0.05, 0.1) is 11.5 Å². The SMILES string of the molecule is O=C(Cc1ccc(Br)cc1F)CC1CCS(=O)(=O)C1. The van der Waals surface area contributed by atoms with E-state index in [0.29, 0.717) is 16.5 Å². The van der Waals surface area contributed by atoms with Gasteiger partial charge in [-0.15, -0.1) is 0 Å². The van der Waals surface area contributed by atoms with Gasteiger partial charge in [0.2, 0.25) is 0 Å². The maximum atomic E-state index is 13.6. The van der Waals surface area contributed by atoms with Gasteiger partial charge >= 0.3 is 0 Å². The van der Waals surface area contributed by atoms with Crippen LogP contribution in [0.5, 0.6) is 0 Å². The first-order chi connectivity index (χ1) is 8.85. The van der Waals surface area contributed by atoms with Crippen LogP contribution in [0.4, 0.5) is 4.39 Å². The summed E-state index contributed by atoms with van der Waals surface area (Å²) in [5.41, 5.74) is 0.356. The van der Waals surface area contributed by atoms with Gasteiger partial charge in [-0.1, -0.05) is 22.0 Å². The normalized spacial score (nSPS) is 21.5. The number of ketones is 1. The molecule has 3 nitrogen and oxygen atoms in total. The average Bonchev–Trinajstić information content (AvgIpc) is 2.62. The van der Waals surface area contributed by atoms with E-state index < -0.39 is 15.7 Å². The van der Waals surface area contributed by atoms with Gasteiger partial charge < -0.3 is 0 Å². The maximum Gasteiger partial charge on any atom is 0.150 e. The number of carbonyl (C=O) groups excluding carboxylic acids is 1. The minimum absolute atomic E-state index is 0.0235. The summed E-state index contributed by atoms with van der Waals surface area (Å²) in [5, 5.41) is 0. The van der Waals surface area contributed by atoms with Gasteiger partial charge in [0.25, 0.3) is 0 Å². The van der Waals surface area contributed by atoms with Crippen molar-refractivity contribution in [3.63, 3.8) is 0 Å². The van der Waals surface area contributed by atoms with E-state index in [-0.39, 0.29) is 36.0 Å². The van der Waals surface area contributed by atoms with Crippen molar-refractivity contribution >= 4 is 31.6 Å². The highest BCUT2D eigenvalue weighted by Gasteiger charge is 2.29. The van der Waals surface area contributed by atoms with Crippen molar-refractivity contribution in [2.45, 2.75) is 19.3 Å². The number of benzene rings is 1. The molecule has 0 N–H and O–H groups in total. The molecule has 1 aromatic carbocycles. The highest BCUT2D eigenvalue weighted by Crippen LogP contribution is 2.23. The lowest BCUT2D eigenvalue weighted by molar-refractivity contribution is -0.119. The molecule has 19 heavy (non-hydrogen) atoms. The fourth-order valence-electron chi connectivity index (χ4n) is 2.30. The monoisotopic (exact) mass is 348 g/mol. The van der Waals surface area contributed by atoms with Gasteiger partial charge in [-0.2, -0.15) is 0 Å². The van der Waals surface area contributed by atoms with E-state index in [2.05, 4.69) is 15.9 Å². The van der Waals surface area contributed by atoms with Gasteiger partial charge in [0, 0.05) is 17.3 Å². The Balaban J connectivity index is 1.95. The fourth-order valence-corrected chi connectivity index (χ4v) is 4.50. The number of hydrogen-bond acceptors (Lipinski definition) is 3. The van der Waals surface area contributed by atoms with Gasteiger partial charge in [-0.25, -0.2) is 12.8 Å². The van der Waals surface area contributed by atoms with Gasteiger partial charge in [0.1, 0.15) is 11.6 Å². The number of carbonyl (C=O) groups is 1. The van der Waals surface area contributed by atoms with Gasteiger partial charge in [0.15, 0.2) is 9.84 Å². The van der Waals surface area contributed by atoms with Crippen LogP contribution in [0.3, 0.4) is 0 Å². The molecule has 2 rings (SSSR count). The van der Waals surface area contributed by atoms with Crippen molar-refractivity contribution in [3.05, 3.63) is 34.1 Å². The van der Waals surface area contributed by atoms with Crippen LogP contribution in [-0.2, 0) is 21.1 Å². The molecule has 0 aliphatic carbocycles. The molecule has 1 saturated heterocycles. The average molecular weight is 349 g/mol. The highest BCUT2D eigenvalue weighted by atomic mass is 79.9. The fraction of sp³-hybridized carbons (Fsp3) is 0.462. The summed E-state index contributed by atoms with van der Waals surface area (Å²) in [6.45, 7) is 0. The Hall–Kier alpha value is -0.750. The lowest BCUT2D eigenvalue weighted by Gasteiger charge is -2.07. The zero-order valence-electron chi connectivity index (χ0n) is 10.2. The Morgan fingerprint density at radius 1 is 1.42 bits per heavy atom. The number of Topliss-reactive ketones (excluding diaryl/α,β-unsaturated/α-hetero) is 1. The molecule has 0 spiro atoms. The van der Waals surface area contributed by atoms with Crippen LogP contribution in [0.15, 0.2) is 22.7 Å². The number of hydrogen-bond donors (Lipinski definition) is 0. The zero-order chi connectivity index (χ0) is 14.0. The van der Waals surface area contributed by atoms with Crippen LogP contribution < -0.4 is 0 Å². The topological polar surface area (TPSA) is 51.2 Å². The maximum absolute atomic E-state index is 13.6. The first-order valence-electron chi connectivity index (χ1n) is 6.02. The van der Waals surface area contributed by atoms with Crippen LogP contribution in [0.2, 0.25) is 0 Å². The van der Waals surface area contributed by atoms with Crippen molar-refractivity contribution in [1.29, 1.82) is 0 Å². The van der Waals surface area contributed by atoms with E-state index >= 15 is 0 Å². The van der Waals surface area contributed by atoms with E-state index in [1.54, 1.807) is 12.1 Å². The Labute approximate surface area is 120 Å². The summed E-state index contributed by atoms with van der Waals surface area (Å²) < 4.78 is 36.8. The van der Waals surface area contributed by atoms with Gasteiger partial charge in [-0.05, 0) is 30.0 Å². The van der Waals surface area contributed by atoms with E-state index in [1.165, 1.54) is 6.07 Å². The van der Waals surface area contributed by atoms with Crippen molar-refractivity contribution in [2.75, 3.05) is 11.5 Å². The van der Waals surface area contributed by atoms with E-state index in [9.17, 15) is 17.6 Å². The summed E-state index contributed by atoms with van der Waals surface area (Å²) in [5.74, 6) is -0.375.